The van der Waals surface area contributed by atoms with Crippen LogP contribution in [0.1, 0.15) is 70.3 Å². The summed E-state index contributed by atoms with van der Waals surface area (Å²) in [6.45, 7) is 9.43. The summed E-state index contributed by atoms with van der Waals surface area (Å²) in [5.41, 5.74) is 0.146. The molecule has 14 heteroatoms. The Kier molecular flexibility index (Phi) is 13.1. The van der Waals surface area contributed by atoms with Gasteiger partial charge in [0, 0.05) is 44.8 Å². The van der Waals surface area contributed by atoms with E-state index in [-0.39, 0.29) is 63.3 Å². The van der Waals surface area contributed by atoms with Gasteiger partial charge in [0.1, 0.15) is 23.2 Å². The van der Waals surface area contributed by atoms with Gasteiger partial charge in [0.15, 0.2) is 5.82 Å². The van der Waals surface area contributed by atoms with Gasteiger partial charge in [-0.2, -0.15) is 0 Å². The van der Waals surface area contributed by atoms with E-state index in [0.717, 1.165) is 31.4 Å². The van der Waals surface area contributed by atoms with Gasteiger partial charge in [0.25, 0.3) is 5.91 Å². The van der Waals surface area contributed by atoms with Gasteiger partial charge in [-0.05, 0) is 53.4 Å². The summed E-state index contributed by atoms with van der Waals surface area (Å²) in [5.74, 6) is -0.425. The quantitative estimate of drug-likeness (QED) is 0.329. The van der Waals surface area contributed by atoms with Crippen LogP contribution in [0.3, 0.4) is 0 Å². The zero-order valence-corrected chi connectivity index (χ0v) is 28.6. The van der Waals surface area contributed by atoms with Crippen LogP contribution in [0, 0.1) is 0 Å². The van der Waals surface area contributed by atoms with E-state index < -0.39 is 29.7 Å². The normalized spacial score (nSPS) is 17.7. The fraction of sp³-hybridized carbons (Fsp3) is 0.588. The van der Waals surface area contributed by atoms with E-state index in [1.54, 1.807) is 45.8 Å². The number of esters is 1. The highest BCUT2D eigenvalue weighted by molar-refractivity contribution is 5.97. The van der Waals surface area contributed by atoms with Gasteiger partial charge in [-0.1, -0.05) is 30.3 Å². The number of hydrogen-bond acceptors (Lipinski definition) is 12. The number of aromatic nitrogens is 2. The first kappa shape index (κ1) is 36.5. The van der Waals surface area contributed by atoms with Crippen molar-refractivity contribution in [2.75, 3.05) is 57.9 Å². The van der Waals surface area contributed by atoms with E-state index in [1.165, 1.54) is 5.06 Å². The topological polar surface area (TPSA) is 153 Å². The van der Waals surface area contributed by atoms with Crippen molar-refractivity contribution in [3.05, 3.63) is 42.1 Å². The predicted molar refractivity (Wildman–Crippen MR) is 177 cm³/mol. The minimum Gasteiger partial charge on any atom is -0.460 e. The van der Waals surface area contributed by atoms with Gasteiger partial charge in [-0.25, -0.2) is 14.8 Å². The minimum absolute atomic E-state index is 0.0184. The lowest BCUT2D eigenvalue weighted by Crippen LogP contribution is -2.55. The van der Waals surface area contributed by atoms with E-state index in [9.17, 15) is 19.2 Å². The molecular weight excluding hydrogens is 620 g/mol. The lowest BCUT2D eigenvalue weighted by atomic mass is 10.0. The van der Waals surface area contributed by atoms with Crippen molar-refractivity contribution in [2.24, 2.45) is 0 Å². The first-order valence-corrected chi connectivity index (χ1v) is 16.6. The molecule has 0 saturated carbocycles. The maximum atomic E-state index is 14.0. The molecule has 4 rings (SSSR count). The first-order chi connectivity index (χ1) is 23.0. The first-order valence-electron chi connectivity index (χ1n) is 16.6. The summed E-state index contributed by atoms with van der Waals surface area (Å²) in [6, 6.07) is 10.1. The number of ether oxygens (including phenoxy) is 3. The van der Waals surface area contributed by atoms with Crippen LogP contribution in [0.5, 0.6) is 0 Å². The van der Waals surface area contributed by atoms with E-state index in [1.807, 2.05) is 30.3 Å². The molecule has 0 radical (unpaired) electrons. The molecule has 1 aromatic carbocycles. The molecule has 1 aromatic heterocycles. The number of nitrogens with zero attached hydrogens (tertiary/aromatic N) is 5. The van der Waals surface area contributed by atoms with Gasteiger partial charge in [0.2, 0.25) is 5.91 Å². The molecule has 0 bridgehead atoms. The third-order valence-corrected chi connectivity index (χ3v) is 7.93. The van der Waals surface area contributed by atoms with Gasteiger partial charge in [0.05, 0.1) is 32.3 Å². The molecule has 2 aromatic rings. The average Bonchev–Trinajstić information content (AvgIpc) is 3.06. The number of methoxy groups -OCH3 is 1. The van der Waals surface area contributed by atoms with E-state index in [2.05, 4.69) is 15.2 Å². The number of amides is 2. The number of benzene rings is 1. The van der Waals surface area contributed by atoms with Gasteiger partial charge < -0.3 is 34.2 Å². The van der Waals surface area contributed by atoms with Crippen LogP contribution < -0.4 is 10.2 Å². The molecule has 2 amide bonds. The van der Waals surface area contributed by atoms with Crippen LogP contribution in [-0.2, 0) is 28.6 Å². The van der Waals surface area contributed by atoms with Crippen molar-refractivity contribution in [3.8, 4) is 11.4 Å². The summed E-state index contributed by atoms with van der Waals surface area (Å²) in [6.07, 6.45) is 2.10. The number of nitrogens with one attached hydrogen (secondary N) is 1. The Morgan fingerprint density at radius 1 is 1.00 bits per heavy atom. The lowest BCUT2D eigenvalue weighted by Gasteiger charge is -2.36. The second-order valence-electron chi connectivity index (χ2n) is 12.8. The third-order valence-electron chi connectivity index (χ3n) is 7.93. The molecule has 2 atom stereocenters. The molecule has 48 heavy (non-hydrogen) atoms. The Morgan fingerprint density at radius 3 is 2.40 bits per heavy atom. The molecule has 0 aliphatic carbocycles. The molecule has 14 nitrogen and oxygen atoms in total. The van der Waals surface area contributed by atoms with E-state index in [4.69, 9.17) is 24.0 Å². The molecule has 262 valence electrons. The molecule has 2 aliphatic heterocycles. The van der Waals surface area contributed by atoms with Crippen molar-refractivity contribution in [2.45, 2.75) is 77.5 Å². The van der Waals surface area contributed by atoms with Crippen molar-refractivity contribution in [1.29, 1.82) is 0 Å². The van der Waals surface area contributed by atoms with Crippen molar-refractivity contribution in [1.82, 2.24) is 25.2 Å². The zero-order valence-electron chi connectivity index (χ0n) is 28.6. The van der Waals surface area contributed by atoms with Crippen LogP contribution in [0.25, 0.3) is 11.4 Å². The number of piperazine rings is 1. The standard InChI is InChI=1S/C34H48N6O8/c1-6-46-33(44)48-39-20-18-38(19-21-39)32(43)26(15-16-29(41)47-34(2,3)4)36-31(42)27-22-28(40-17-11-10-14-25(40)23-45-5)37-30(35-27)24-12-8-7-9-13-24/h7-9,12-13,22,25-26H,6,10-11,14-21,23H2,1-5H3,(H,36,42)/t25-,26?/m0/s1. The lowest BCUT2D eigenvalue weighted by molar-refractivity contribution is -0.158. The zero-order chi connectivity index (χ0) is 34.7. The number of hydrogen-bond donors (Lipinski definition) is 1. The SMILES string of the molecule is CCOC(=O)ON1CCN(C(=O)C(CCC(=O)OC(C)(C)C)NC(=O)c2cc(N3CCCC[C@H]3COC)nc(-c3ccccc3)n2)CC1. The molecule has 1 N–H and O–H groups in total. The number of carbonyl (C=O) groups excluding carboxylic acids is 4. The molecule has 2 fully saturated rings. The van der Waals surface area contributed by atoms with Crippen molar-refractivity contribution >= 4 is 29.8 Å². The molecule has 3 heterocycles. The van der Waals surface area contributed by atoms with Crippen LogP contribution in [0.4, 0.5) is 10.6 Å². The fourth-order valence-electron chi connectivity index (χ4n) is 5.70. The Balaban J connectivity index is 1.58. The second kappa shape index (κ2) is 17.2. The Bertz CT molecular complexity index is 1390. The highest BCUT2D eigenvalue weighted by Crippen LogP contribution is 2.27. The van der Waals surface area contributed by atoms with Crippen molar-refractivity contribution < 1.29 is 38.2 Å². The van der Waals surface area contributed by atoms with Crippen molar-refractivity contribution in [3.63, 3.8) is 0 Å². The van der Waals surface area contributed by atoms with E-state index >= 15 is 0 Å². The largest absolute Gasteiger partial charge is 0.527 e. The van der Waals surface area contributed by atoms with Gasteiger partial charge in [-0.3, -0.25) is 14.4 Å². The second-order valence-corrected chi connectivity index (χ2v) is 12.8. The summed E-state index contributed by atoms with van der Waals surface area (Å²) < 4.78 is 15.8. The van der Waals surface area contributed by atoms with Gasteiger partial charge >= 0.3 is 12.1 Å². The van der Waals surface area contributed by atoms with Crippen LogP contribution in [-0.4, -0.2) is 115 Å². The summed E-state index contributed by atoms with van der Waals surface area (Å²) in [4.78, 5) is 70.6. The average molecular weight is 669 g/mol. The smallest absolute Gasteiger partial charge is 0.460 e. The number of anilines is 1. The van der Waals surface area contributed by atoms with E-state index in [0.29, 0.717) is 18.2 Å². The van der Waals surface area contributed by atoms with Crippen LogP contribution >= 0.6 is 0 Å². The van der Waals surface area contributed by atoms with Crippen LogP contribution in [0.2, 0.25) is 0 Å². The fourth-order valence-corrected chi connectivity index (χ4v) is 5.70. The number of rotatable bonds is 12. The molecular formula is C34H48N6O8. The monoisotopic (exact) mass is 668 g/mol. The van der Waals surface area contributed by atoms with Crippen LogP contribution in [0.15, 0.2) is 36.4 Å². The minimum atomic E-state index is -1.04. The van der Waals surface area contributed by atoms with Gasteiger partial charge in [-0.15, -0.1) is 5.06 Å². The number of piperidine rings is 1. The Morgan fingerprint density at radius 2 is 1.73 bits per heavy atom. The highest BCUT2D eigenvalue weighted by Gasteiger charge is 2.32. The maximum absolute atomic E-state index is 14.0. The number of hydroxylamine groups is 2. The summed E-state index contributed by atoms with van der Waals surface area (Å²) >= 11 is 0. The maximum Gasteiger partial charge on any atom is 0.527 e. The summed E-state index contributed by atoms with van der Waals surface area (Å²) in [5, 5.41) is 4.30. The summed E-state index contributed by atoms with van der Waals surface area (Å²) in [7, 11) is 1.67. The third kappa shape index (κ3) is 10.6. The molecule has 0 spiro atoms. The molecule has 1 unspecified atom stereocenters. The Hall–Kier alpha value is -4.30. The molecule has 2 saturated heterocycles. The Labute approximate surface area is 282 Å². The highest BCUT2D eigenvalue weighted by atomic mass is 16.8. The predicted octanol–water partition coefficient (Wildman–Crippen LogP) is 3.60. The number of carbonyl (C=O) groups is 4. The molecule has 2 aliphatic rings.